The summed E-state index contributed by atoms with van der Waals surface area (Å²) in [5, 5.41) is 2.91. The Labute approximate surface area is 200 Å². The van der Waals surface area contributed by atoms with Gasteiger partial charge >= 0.3 is 0 Å². The maximum absolute atomic E-state index is 13.0. The molecule has 7 nitrogen and oxygen atoms in total. The SMILES string of the molecule is O=C(Nc1ccc(CCN2CCOCC2)cc1)c1ccc2c(c1)C(=O)N(C1CCCCC1)C2=O. The number of morpholine rings is 1. The minimum absolute atomic E-state index is 0.0276. The van der Waals surface area contributed by atoms with Crippen LogP contribution in [0, 0.1) is 0 Å². The van der Waals surface area contributed by atoms with E-state index in [1.807, 2.05) is 24.3 Å². The first-order valence-corrected chi connectivity index (χ1v) is 12.3. The van der Waals surface area contributed by atoms with Gasteiger partial charge < -0.3 is 10.1 Å². The van der Waals surface area contributed by atoms with Crippen molar-refractivity contribution in [2.24, 2.45) is 0 Å². The number of benzene rings is 2. The monoisotopic (exact) mass is 461 g/mol. The van der Waals surface area contributed by atoms with Crippen molar-refractivity contribution in [3.63, 3.8) is 0 Å². The molecule has 0 radical (unpaired) electrons. The summed E-state index contributed by atoms with van der Waals surface area (Å²) in [6.07, 6.45) is 5.91. The molecule has 3 amide bonds. The highest BCUT2D eigenvalue weighted by molar-refractivity contribution is 6.22. The predicted molar refractivity (Wildman–Crippen MR) is 129 cm³/mol. The summed E-state index contributed by atoms with van der Waals surface area (Å²) in [4.78, 5) is 42.6. The third-order valence-electron chi connectivity index (χ3n) is 7.15. The lowest BCUT2D eigenvalue weighted by molar-refractivity contribution is 0.0384. The van der Waals surface area contributed by atoms with Crippen LogP contribution >= 0.6 is 0 Å². The molecular weight excluding hydrogens is 430 g/mol. The summed E-state index contributed by atoms with van der Waals surface area (Å²) in [7, 11) is 0. The maximum Gasteiger partial charge on any atom is 0.261 e. The first kappa shape index (κ1) is 22.7. The van der Waals surface area contributed by atoms with Crippen molar-refractivity contribution in [2.45, 2.75) is 44.6 Å². The Hall–Kier alpha value is -3.03. The molecule has 5 rings (SSSR count). The fraction of sp³-hybridized carbons (Fsp3) is 0.444. The number of fused-ring (bicyclic) bond motifs is 1. The van der Waals surface area contributed by atoms with Gasteiger partial charge in [0.05, 0.1) is 24.3 Å². The number of amides is 3. The molecule has 2 aliphatic heterocycles. The predicted octanol–water partition coefficient (Wildman–Crippen LogP) is 3.74. The van der Waals surface area contributed by atoms with E-state index in [4.69, 9.17) is 4.74 Å². The summed E-state index contributed by atoms with van der Waals surface area (Å²) in [5.41, 5.74) is 3.03. The highest BCUT2D eigenvalue weighted by Crippen LogP contribution is 2.31. The van der Waals surface area contributed by atoms with Crippen molar-refractivity contribution in [3.8, 4) is 0 Å². The molecule has 7 heteroatoms. The normalized spacial score (nSPS) is 19.4. The molecule has 1 aliphatic carbocycles. The summed E-state index contributed by atoms with van der Waals surface area (Å²) in [6, 6.07) is 12.6. The molecule has 1 saturated carbocycles. The number of anilines is 1. The molecule has 1 saturated heterocycles. The van der Waals surface area contributed by atoms with E-state index < -0.39 is 0 Å². The molecule has 178 valence electrons. The lowest BCUT2D eigenvalue weighted by Crippen LogP contribution is -2.40. The first-order chi connectivity index (χ1) is 16.6. The minimum Gasteiger partial charge on any atom is -0.379 e. The number of nitrogens with zero attached hydrogens (tertiary/aromatic N) is 2. The third-order valence-corrected chi connectivity index (χ3v) is 7.15. The van der Waals surface area contributed by atoms with Gasteiger partial charge in [-0.25, -0.2) is 0 Å². The standard InChI is InChI=1S/C27H31N3O4/c31-25(28-21-9-6-19(7-10-21)12-13-29-14-16-34-17-15-29)20-8-11-23-24(18-20)27(33)30(26(23)32)22-4-2-1-3-5-22/h6-11,18,22H,1-5,12-17H2,(H,28,31). The van der Waals surface area contributed by atoms with Crippen molar-refractivity contribution in [1.29, 1.82) is 0 Å². The average molecular weight is 462 g/mol. The van der Waals surface area contributed by atoms with Gasteiger partial charge in [-0.05, 0) is 55.2 Å². The lowest BCUT2D eigenvalue weighted by Gasteiger charge is -2.29. The topological polar surface area (TPSA) is 79.0 Å². The van der Waals surface area contributed by atoms with E-state index in [1.165, 1.54) is 10.5 Å². The zero-order valence-corrected chi connectivity index (χ0v) is 19.4. The van der Waals surface area contributed by atoms with Gasteiger partial charge in [0.2, 0.25) is 0 Å². The van der Waals surface area contributed by atoms with Crippen LogP contribution in [-0.4, -0.2) is 66.4 Å². The van der Waals surface area contributed by atoms with Crippen molar-refractivity contribution in [1.82, 2.24) is 9.80 Å². The summed E-state index contributed by atoms with van der Waals surface area (Å²) >= 11 is 0. The molecule has 2 heterocycles. The van der Waals surface area contributed by atoms with Gasteiger partial charge in [-0.15, -0.1) is 0 Å². The Morgan fingerprint density at radius 3 is 2.35 bits per heavy atom. The van der Waals surface area contributed by atoms with Crippen LogP contribution in [0.15, 0.2) is 42.5 Å². The lowest BCUT2D eigenvalue weighted by atomic mass is 9.94. The second kappa shape index (κ2) is 10.1. The van der Waals surface area contributed by atoms with E-state index >= 15 is 0 Å². The molecule has 34 heavy (non-hydrogen) atoms. The van der Waals surface area contributed by atoms with Crippen LogP contribution in [-0.2, 0) is 11.2 Å². The fourth-order valence-electron chi connectivity index (χ4n) is 5.14. The molecular formula is C27H31N3O4. The Kier molecular flexibility index (Phi) is 6.74. The number of hydrogen-bond donors (Lipinski definition) is 1. The second-order valence-electron chi connectivity index (χ2n) is 9.39. The third kappa shape index (κ3) is 4.76. The molecule has 0 aromatic heterocycles. The van der Waals surface area contributed by atoms with Gasteiger partial charge in [0, 0.05) is 36.9 Å². The number of rotatable bonds is 6. The van der Waals surface area contributed by atoms with Crippen molar-refractivity contribution < 1.29 is 19.1 Å². The van der Waals surface area contributed by atoms with E-state index in [2.05, 4.69) is 10.2 Å². The van der Waals surface area contributed by atoms with Crippen LogP contribution in [0.25, 0.3) is 0 Å². The van der Waals surface area contributed by atoms with Crippen LogP contribution in [0.4, 0.5) is 5.69 Å². The van der Waals surface area contributed by atoms with E-state index in [0.717, 1.165) is 71.4 Å². The number of ether oxygens (including phenoxy) is 1. The van der Waals surface area contributed by atoms with Gasteiger partial charge in [0.15, 0.2) is 0 Å². The van der Waals surface area contributed by atoms with E-state index in [-0.39, 0.29) is 23.8 Å². The molecule has 2 aromatic rings. The molecule has 3 aliphatic rings. The van der Waals surface area contributed by atoms with Crippen molar-refractivity contribution >= 4 is 23.4 Å². The highest BCUT2D eigenvalue weighted by atomic mass is 16.5. The number of imide groups is 1. The van der Waals surface area contributed by atoms with E-state index in [9.17, 15) is 14.4 Å². The molecule has 0 atom stereocenters. The number of hydrogen-bond acceptors (Lipinski definition) is 5. The Balaban J connectivity index is 1.22. The smallest absolute Gasteiger partial charge is 0.261 e. The zero-order chi connectivity index (χ0) is 23.5. The fourth-order valence-corrected chi connectivity index (χ4v) is 5.14. The Bertz CT molecular complexity index is 1070. The van der Waals surface area contributed by atoms with Gasteiger partial charge in [0.1, 0.15) is 0 Å². The molecule has 2 aromatic carbocycles. The van der Waals surface area contributed by atoms with Crippen LogP contribution in [0.3, 0.4) is 0 Å². The van der Waals surface area contributed by atoms with Crippen LogP contribution in [0.2, 0.25) is 0 Å². The van der Waals surface area contributed by atoms with E-state index in [0.29, 0.717) is 22.4 Å². The molecule has 2 fully saturated rings. The van der Waals surface area contributed by atoms with Gasteiger partial charge in [-0.2, -0.15) is 0 Å². The average Bonchev–Trinajstić information content (AvgIpc) is 3.14. The zero-order valence-electron chi connectivity index (χ0n) is 19.4. The van der Waals surface area contributed by atoms with Gasteiger partial charge in [-0.3, -0.25) is 24.2 Å². The number of carbonyl (C=O) groups is 3. The first-order valence-electron chi connectivity index (χ1n) is 12.3. The summed E-state index contributed by atoms with van der Waals surface area (Å²) in [5.74, 6) is -0.794. The second-order valence-corrected chi connectivity index (χ2v) is 9.39. The van der Waals surface area contributed by atoms with E-state index in [1.54, 1.807) is 18.2 Å². The van der Waals surface area contributed by atoms with Gasteiger partial charge in [0.25, 0.3) is 17.7 Å². The largest absolute Gasteiger partial charge is 0.379 e. The number of carbonyl (C=O) groups excluding carboxylic acids is 3. The number of nitrogens with one attached hydrogen (secondary N) is 1. The van der Waals surface area contributed by atoms with Crippen molar-refractivity contribution in [2.75, 3.05) is 38.2 Å². The quantitative estimate of drug-likeness (QED) is 0.663. The highest BCUT2D eigenvalue weighted by Gasteiger charge is 2.40. The van der Waals surface area contributed by atoms with Crippen molar-refractivity contribution in [3.05, 3.63) is 64.7 Å². The maximum atomic E-state index is 13.0. The summed E-state index contributed by atoms with van der Waals surface area (Å²) < 4.78 is 5.39. The molecule has 0 spiro atoms. The molecule has 1 N–H and O–H groups in total. The molecule has 0 unspecified atom stereocenters. The van der Waals surface area contributed by atoms with Crippen LogP contribution in [0.5, 0.6) is 0 Å². The Morgan fingerprint density at radius 2 is 1.62 bits per heavy atom. The van der Waals surface area contributed by atoms with Gasteiger partial charge in [-0.1, -0.05) is 31.4 Å². The minimum atomic E-state index is -0.291. The molecule has 0 bridgehead atoms. The Morgan fingerprint density at radius 1 is 0.912 bits per heavy atom. The van der Waals surface area contributed by atoms with Crippen LogP contribution in [0.1, 0.15) is 68.7 Å². The van der Waals surface area contributed by atoms with Crippen LogP contribution < -0.4 is 5.32 Å². The summed E-state index contributed by atoms with van der Waals surface area (Å²) in [6.45, 7) is 4.54.